The third-order valence-corrected chi connectivity index (χ3v) is 4.53. The molecule has 0 spiro atoms. The molecule has 3 aromatic carbocycles. The van der Waals surface area contributed by atoms with Crippen LogP contribution in [0.4, 0.5) is 11.4 Å². The van der Waals surface area contributed by atoms with Gasteiger partial charge in [0.1, 0.15) is 0 Å². The van der Waals surface area contributed by atoms with Crippen molar-refractivity contribution in [3.05, 3.63) is 89.5 Å². The second-order valence-electron chi connectivity index (χ2n) is 6.84. The van der Waals surface area contributed by atoms with Crippen molar-refractivity contribution in [3.63, 3.8) is 0 Å². The molecule has 0 aromatic heterocycles. The molecular weight excluding hydrogens is 392 g/mol. The summed E-state index contributed by atoms with van der Waals surface area (Å²) in [5, 5.41) is 5.63. The van der Waals surface area contributed by atoms with Crippen LogP contribution in [0.1, 0.15) is 21.5 Å². The Kier molecular flexibility index (Phi) is 7.06. The van der Waals surface area contributed by atoms with Gasteiger partial charge < -0.3 is 20.1 Å². The molecule has 3 rings (SSSR count). The van der Waals surface area contributed by atoms with Crippen LogP contribution in [0.25, 0.3) is 6.08 Å². The molecule has 0 unspecified atom stereocenters. The van der Waals surface area contributed by atoms with Gasteiger partial charge in [-0.2, -0.15) is 0 Å². The SMILES string of the molecule is COc1ccc(/C=C/C(=O)Nc2ccc(NC(=O)c3cccc(C)c3)cc2)cc1OC. The number of benzene rings is 3. The number of anilines is 2. The van der Waals surface area contributed by atoms with E-state index in [0.29, 0.717) is 28.4 Å². The average molecular weight is 416 g/mol. The van der Waals surface area contributed by atoms with Crippen LogP contribution in [-0.2, 0) is 4.79 Å². The van der Waals surface area contributed by atoms with Crippen molar-refractivity contribution in [1.29, 1.82) is 0 Å². The first-order valence-corrected chi connectivity index (χ1v) is 9.67. The predicted octanol–water partition coefficient (Wildman–Crippen LogP) is 4.92. The molecule has 2 N–H and O–H groups in total. The van der Waals surface area contributed by atoms with E-state index in [9.17, 15) is 9.59 Å². The summed E-state index contributed by atoms with van der Waals surface area (Å²) in [7, 11) is 3.13. The maximum atomic E-state index is 12.3. The van der Waals surface area contributed by atoms with E-state index < -0.39 is 0 Å². The van der Waals surface area contributed by atoms with Crippen LogP contribution in [0, 0.1) is 6.92 Å². The van der Waals surface area contributed by atoms with E-state index in [1.165, 1.54) is 6.08 Å². The lowest BCUT2D eigenvalue weighted by Gasteiger charge is -2.08. The van der Waals surface area contributed by atoms with E-state index in [0.717, 1.165) is 11.1 Å². The Morgan fingerprint density at radius 3 is 2.13 bits per heavy atom. The van der Waals surface area contributed by atoms with Crippen molar-refractivity contribution in [3.8, 4) is 11.5 Å². The number of methoxy groups -OCH3 is 2. The Hall–Kier alpha value is -4.06. The zero-order chi connectivity index (χ0) is 22.2. The lowest BCUT2D eigenvalue weighted by Crippen LogP contribution is -2.12. The molecule has 6 nitrogen and oxygen atoms in total. The van der Waals surface area contributed by atoms with Gasteiger partial charge in [-0.25, -0.2) is 0 Å². The topological polar surface area (TPSA) is 76.7 Å². The third kappa shape index (κ3) is 5.96. The molecule has 3 aromatic rings. The number of aryl methyl sites for hydroxylation is 1. The van der Waals surface area contributed by atoms with Gasteiger partial charge in [0.15, 0.2) is 11.5 Å². The van der Waals surface area contributed by atoms with E-state index >= 15 is 0 Å². The van der Waals surface area contributed by atoms with Gasteiger partial charge in [0.2, 0.25) is 5.91 Å². The Labute approximate surface area is 181 Å². The fourth-order valence-electron chi connectivity index (χ4n) is 2.94. The summed E-state index contributed by atoms with van der Waals surface area (Å²) in [6.45, 7) is 1.94. The molecule has 158 valence electrons. The first kappa shape index (κ1) is 21.6. The van der Waals surface area contributed by atoms with Crippen molar-refractivity contribution < 1.29 is 19.1 Å². The Morgan fingerprint density at radius 1 is 0.806 bits per heavy atom. The summed E-state index contributed by atoms with van der Waals surface area (Å²) in [4.78, 5) is 24.5. The number of hydrogen-bond donors (Lipinski definition) is 2. The zero-order valence-electron chi connectivity index (χ0n) is 17.6. The lowest BCUT2D eigenvalue weighted by atomic mass is 10.1. The minimum absolute atomic E-state index is 0.182. The van der Waals surface area contributed by atoms with Gasteiger partial charge in [-0.15, -0.1) is 0 Å². The summed E-state index contributed by atoms with van der Waals surface area (Å²) >= 11 is 0. The van der Waals surface area contributed by atoms with E-state index in [4.69, 9.17) is 9.47 Å². The van der Waals surface area contributed by atoms with E-state index in [1.54, 1.807) is 62.8 Å². The molecule has 0 aliphatic heterocycles. The highest BCUT2D eigenvalue weighted by Crippen LogP contribution is 2.28. The van der Waals surface area contributed by atoms with Crippen LogP contribution in [0.15, 0.2) is 72.8 Å². The number of nitrogens with one attached hydrogen (secondary N) is 2. The Morgan fingerprint density at radius 2 is 1.48 bits per heavy atom. The monoisotopic (exact) mass is 416 g/mol. The molecule has 0 atom stereocenters. The molecule has 0 aliphatic carbocycles. The Bertz CT molecular complexity index is 1100. The molecule has 0 bridgehead atoms. The summed E-state index contributed by atoms with van der Waals surface area (Å²) in [6, 6.07) is 19.7. The minimum Gasteiger partial charge on any atom is -0.493 e. The zero-order valence-corrected chi connectivity index (χ0v) is 17.6. The summed E-state index contributed by atoms with van der Waals surface area (Å²) < 4.78 is 10.5. The van der Waals surface area contributed by atoms with Gasteiger partial charge in [-0.05, 0) is 67.1 Å². The van der Waals surface area contributed by atoms with Crippen LogP contribution >= 0.6 is 0 Å². The molecule has 0 saturated carbocycles. The van der Waals surface area contributed by atoms with Gasteiger partial charge in [0.25, 0.3) is 5.91 Å². The number of amides is 2. The first-order chi connectivity index (χ1) is 15.0. The average Bonchev–Trinajstić information content (AvgIpc) is 2.78. The highest BCUT2D eigenvalue weighted by Gasteiger charge is 2.07. The van der Waals surface area contributed by atoms with Gasteiger partial charge in [0.05, 0.1) is 14.2 Å². The Balaban J connectivity index is 1.58. The fraction of sp³-hybridized carbons (Fsp3) is 0.120. The summed E-state index contributed by atoms with van der Waals surface area (Å²) in [5.74, 6) is 0.761. The van der Waals surface area contributed by atoms with E-state index in [1.807, 2.05) is 31.2 Å². The van der Waals surface area contributed by atoms with E-state index in [2.05, 4.69) is 10.6 Å². The highest BCUT2D eigenvalue weighted by atomic mass is 16.5. The van der Waals surface area contributed by atoms with Crippen LogP contribution in [-0.4, -0.2) is 26.0 Å². The van der Waals surface area contributed by atoms with Crippen LogP contribution < -0.4 is 20.1 Å². The number of hydrogen-bond acceptors (Lipinski definition) is 4. The molecule has 0 saturated heterocycles. The van der Waals surface area contributed by atoms with Gasteiger partial charge >= 0.3 is 0 Å². The molecule has 0 radical (unpaired) electrons. The molecule has 31 heavy (non-hydrogen) atoms. The maximum absolute atomic E-state index is 12.3. The maximum Gasteiger partial charge on any atom is 0.255 e. The van der Waals surface area contributed by atoms with Crippen molar-refractivity contribution in [2.75, 3.05) is 24.9 Å². The van der Waals surface area contributed by atoms with Crippen LogP contribution in [0.3, 0.4) is 0 Å². The third-order valence-electron chi connectivity index (χ3n) is 4.53. The fourth-order valence-corrected chi connectivity index (χ4v) is 2.94. The van der Waals surface area contributed by atoms with Gasteiger partial charge in [-0.3, -0.25) is 9.59 Å². The quantitative estimate of drug-likeness (QED) is 0.536. The standard InChI is InChI=1S/C25H24N2O4/c1-17-5-4-6-19(15-17)25(29)27-21-11-9-20(10-12-21)26-24(28)14-8-18-7-13-22(30-2)23(16-18)31-3/h4-16H,1-3H3,(H,26,28)(H,27,29)/b14-8+. The second-order valence-corrected chi connectivity index (χ2v) is 6.84. The molecule has 2 amide bonds. The number of carbonyl (C=O) groups excluding carboxylic acids is 2. The predicted molar refractivity (Wildman–Crippen MR) is 123 cm³/mol. The lowest BCUT2D eigenvalue weighted by molar-refractivity contribution is -0.111. The minimum atomic E-state index is -0.272. The molecule has 0 heterocycles. The van der Waals surface area contributed by atoms with Crippen molar-refractivity contribution in [2.24, 2.45) is 0 Å². The molecule has 6 heteroatoms. The number of carbonyl (C=O) groups is 2. The number of rotatable bonds is 7. The smallest absolute Gasteiger partial charge is 0.255 e. The highest BCUT2D eigenvalue weighted by molar-refractivity contribution is 6.05. The van der Waals surface area contributed by atoms with Crippen LogP contribution in [0.5, 0.6) is 11.5 Å². The van der Waals surface area contributed by atoms with Crippen molar-refractivity contribution >= 4 is 29.3 Å². The van der Waals surface area contributed by atoms with Gasteiger partial charge in [0, 0.05) is 23.0 Å². The molecule has 0 fully saturated rings. The first-order valence-electron chi connectivity index (χ1n) is 9.67. The van der Waals surface area contributed by atoms with E-state index in [-0.39, 0.29) is 11.8 Å². The summed E-state index contributed by atoms with van der Waals surface area (Å²) in [5.41, 5.74) is 3.69. The second kappa shape index (κ2) is 10.1. The van der Waals surface area contributed by atoms with Gasteiger partial charge in [-0.1, -0.05) is 23.8 Å². The molecule has 0 aliphatic rings. The number of ether oxygens (including phenoxy) is 2. The van der Waals surface area contributed by atoms with Crippen molar-refractivity contribution in [2.45, 2.75) is 6.92 Å². The largest absolute Gasteiger partial charge is 0.493 e. The van der Waals surface area contributed by atoms with Crippen molar-refractivity contribution in [1.82, 2.24) is 0 Å². The molecular formula is C25H24N2O4. The van der Waals surface area contributed by atoms with Crippen LogP contribution in [0.2, 0.25) is 0 Å². The normalized spacial score (nSPS) is 10.5. The summed E-state index contributed by atoms with van der Waals surface area (Å²) in [6.07, 6.45) is 3.13.